The minimum Gasteiger partial charge on any atom is -0.398 e. The first kappa shape index (κ1) is 13.9. The van der Waals surface area contributed by atoms with Gasteiger partial charge in [-0.1, -0.05) is 6.92 Å². The molecule has 17 heavy (non-hydrogen) atoms. The van der Waals surface area contributed by atoms with Crippen LogP contribution < -0.4 is 11.1 Å². The van der Waals surface area contributed by atoms with Crippen LogP contribution in [0.4, 0.5) is 5.69 Å². The van der Waals surface area contributed by atoms with Gasteiger partial charge in [0, 0.05) is 31.2 Å². The van der Waals surface area contributed by atoms with E-state index in [-0.39, 0.29) is 11.6 Å². The Labute approximate surface area is 104 Å². The average molecular weight is 237 g/mol. The van der Waals surface area contributed by atoms with Crippen LogP contribution in [-0.2, 0) is 11.2 Å². The first-order chi connectivity index (χ1) is 8.01. The third kappa shape index (κ3) is 3.68. The molecule has 0 bridgehead atoms. The lowest BCUT2D eigenvalue weighted by Gasteiger charge is -2.34. The summed E-state index contributed by atoms with van der Waals surface area (Å²) in [4.78, 5) is 4.12. The van der Waals surface area contributed by atoms with Gasteiger partial charge in [-0.2, -0.15) is 0 Å². The maximum Gasteiger partial charge on any atom is 0.0778 e. The summed E-state index contributed by atoms with van der Waals surface area (Å²) < 4.78 is 5.54. The van der Waals surface area contributed by atoms with Crippen LogP contribution >= 0.6 is 0 Å². The molecule has 0 aliphatic heterocycles. The molecule has 0 saturated heterocycles. The van der Waals surface area contributed by atoms with Crippen LogP contribution in [0.3, 0.4) is 0 Å². The second kappa shape index (κ2) is 5.98. The Balaban J connectivity index is 2.84. The topological polar surface area (TPSA) is 60.2 Å². The number of hydrogen-bond acceptors (Lipinski definition) is 4. The Kier molecular flexibility index (Phi) is 4.90. The Morgan fingerprint density at radius 2 is 2.24 bits per heavy atom. The number of anilines is 1. The number of aromatic nitrogens is 1. The average Bonchev–Trinajstić information content (AvgIpc) is 2.31. The summed E-state index contributed by atoms with van der Waals surface area (Å²) >= 11 is 0. The minimum absolute atomic E-state index is 0.212. The number of rotatable bonds is 6. The maximum atomic E-state index is 5.94. The number of ether oxygens (including phenoxy) is 1. The van der Waals surface area contributed by atoms with E-state index in [1.165, 1.54) is 0 Å². The molecule has 0 aromatic carbocycles. The smallest absolute Gasteiger partial charge is 0.0778 e. The first-order valence-electron chi connectivity index (χ1n) is 5.98. The number of hydrogen-bond donors (Lipinski definition) is 2. The van der Waals surface area contributed by atoms with E-state index in [0.29, 0.717) is 0 Å². The van der Waals surface area contributed by atoms with Crippen molar-refractivity contribution in [3.8, 4) is 0 Å². The van der Waals surface area contributed by atoms with Gasteiger partial charge in [0.1, 0.15) is 0 Å². The van der Waals surface area contributed by atoms with E-state index in [1.807, 2.05) is 12.3 Å². The number of nitrogen functional groups attached to an aromatic ring is 1. The maximum absolute atomic E-state index is 5.94. The fourth-order valence-electron chi connectivity index (χ4n) is 1.78. The molecule has 1 aromatic rings. The van der Waals surface area contributed by atoms with E-state index in [1.54, 1.807) is 13.3 Å². The summed E-state index contributed by atoms with van der Waals surface area (Å²) in [7, 11) is 1.73. The summed E-state index contributed by atoms with van der Waals surface area (Å²) in [6.45, 7) is 7.14. The molecule has 1 unspecified atom stereocenters. The zero-order valence-electron chi connectivity index (χ0n) is 11.2. The van der Waals surface area contributed by atoms with Gasteiger partial charge in [0.2, 0.25) is 0 Å². The molecule has 1 aromatic heterocycles. The molecule has 0 aliphatic carbocycles. The van der Waals surface area contributed by atoms with E-state index in [4.69, 9.17) is 10.5 Å². The molecule has 1 heterocycles. The largest absolute Gasteiger partial charge is 0.398 e. The van der Waals surface area contributed by atoms with E-state index >= 15 is 0 Å². The van der Waals surface area contributed by atoms with Crippen LogP contribution in [0.5, 0.6) is 0 Å². The SMILES string of the molecule is CCNC(Cc1cnccc1N)C(C)(C)OC. The number of nitrogens with zero attached hydrogens (tertiary/aromatic N) is 1. The molecule has 0 radical (unpaired) electrons. The fraction of sp³-hybridized carbons (Fsp3) is 0.615. The van der Waals surface area contributed by atoms with Gasteiger partial charge in [-0.05, 0) is 38.4 Å². The number of methoxy groups -OCH3 is 1. The second-order valence-electron chi connectivity index (χ2n) is 4.70. The molecule has 0 fully saturated rings. The highest BCUT2D eigenvalue weighted by atomic mass is 16.5. The van der Waals surface area contributed by atoms with Crippen LogP contribution in [0.1, 0.15) is 26.3 Å². The molecule has 4 heteroatoms. The second-order valence-corrected chi connectivity index (χ2v) is 4.70. The first-order valence-corrected chi connectivity index (χ1v) is 5.98. The predicted molar refractivity (Wildman–Crippen MR) is 70.9 cm³/mol. The monoisotopic (exact) mass is 237 g/mol. The van der Waals surface area contributed by atoms with Crippen LogP contribution in [0.2, 0.25) is 0 Å². The highest BCUT2D eigenvalue weighted by molar-refractivity contribution is 5.44. The zero-order chi connectivity index (χ0) is 12.9. The summed E-state index contributed by atoms with van der Waals surface area (Å²) in [5.41, 5.74) is 7.55. The molecule has 3 N–H and O–H groups in total. The molecular formula is C13H23N3O. The van der Waals surface area contributed by atoms with Gasteiger partial charge in [0.25, 0.3) is 0 Å². The fourth-order valence-corrected chi connectivity index (χ4v) is 1.78. The van der Waals surface area contributed by atoms with Crippen molar-refractivity contribution in [2.45, 2.75) is 38.8 Å². The zero-order valence-corrected chi connectivity index (χ0v) is 11.2. The molecule has 0 spiro atoms. The molecule has 96 valence electrons. The molecule has 0 amide bonds. The highest BCUT2D eigenvalue weighted by Crippen LogP contribution is 2.20. The lowest BCUT2D eigenvalue weighted by molar-refractivity contribution is -0.00957. The van der Waals surface area contributed by atoms with Gasteiger partial charge in [-0.15, -0.1) is 0 Å². The lowest BCUT2D eigenvalue weighted by Crippen LogP contribution is -2.49. The Hall–Kier alpha value is -1.13. The van der Waals surface area contributed by atoms with Crippen molar-refractivity contribution in [2.75, 3.05) is 19.4 Å². The third-order valence-corrected chi connectivity index (χ3v) is 3.18. The molecular weight excluding hydrogens is 214 g/mol. The van der Waals surface area contributed by atoms with Gasteiger partial charge in [0.05, 0.1) is 5.60 Å². The van der Waals surface area contributed by atoms with Crippen molar-refractivity contribution in [3.05, 3.63) is 24.0 Å². The van der Waals surface area contributed by atoms with Crippen LogP contribution in [-0.4, -0.2) is 30.3 Å². The normalized spacial score (nSPS) is 13.6. The van der Waals surface area contributed by atoms with Crippen molar-refractivity contribution in [1.29, 1.82) is 0 Å². The third-order valence-electron chi connectivity index (χ3n) is 3.18. The Morgan fingerprint density at radius 1 is 1.53 bits per heavy atom. The number of nitrogens with two attached hydrogens (primary N) is 1. The van der Waals surface area contributed by atoms with Gasteiger partial charge >= 0.3 is 0 Å². The summed E-state index contributed by atoms with van der Waals surface area (Å²) in [5, 5.41) is 3.44. The van der Waals surface area contributed by atoms with E-state index < -0.39 is 0 Å². The van der Waals surface area contributed by atoms with Gasteiger partial charge in [-0.25, -0.2) is 0 Å². The molecule has 1 atom stereocenters. The molecule has 0 saturated carbocycles. The summed E-state index contributed by atoms with van der Waals surface area (Å²) in [6.07, 6.45) is 4.35. The summed E-state index contributed by atoms with van der Waals surface area (Å²) in [5.74, 6) is 0. The quantitative estimate of drug-likeness (QED) is 0.789. The van der Waals surface area contributed by atoms with Crippen LogP contribution in [0, 0.1) is 0 Å². The lowest BCUT2D eigenvalue weighted by atomic mass is 9.92. The predicted octanol–water partition coefficient (Wildman–Crippen LogP) is 1.61. The molecule has 4 nitrogen and oxygen atoms in total. The highest BCUT2D eigenvalue weighted by Gasteiger charge is 2.29. The van der Waals surface area contributed by atoms with Crippen molar-refractivity contribution in [1.82, 2.24) is 10.3 Å². The van der Waals surface area contributed by atoms with E-state index in [0.717, 1.165) is 24.2 Å². The Morgan fingerprint density at radius 3 is 2.76 bits per heavy atom. The van der Waals surface area contributed by atoms with Crippen molar-refractivity contribution in [2.24, 2.45) is 0 Å². The van der Waals surface area contributed by atoms with Gasteiger partial charge in [0.15, 0.2) is 0 Å². The van der Waals surface area contributed by atoms with Gasteiger partial charge < -0.3 is 15.8 Å². The molecule has 1 rings (SSSR count). The van der Waals surface area contributed by atoms with Crippen LogP contribution in [0.15, 0.2) is 18.5 Å². The van der Waals surface area contributed by atoms with E-state index in [9.17, 15) is 0 Å². The van der Waals surface area contributed by atoms with E-state index in [2.05, 4.69) is 31.1 Å². The number of pyridine rings is 1. The minimum atomic E-state index is -0.238. The standard InChI is InChI=1S/C13H23N3O/c1-5-16-12(13(2,3)17-4)8-10-9-15-7-6-11(10)14/h6-7,9,12,16H,5,8H2,1-4H3,(H2,14,15). The summed E-state index contributed by atoms with van der Waals surface area (Å²) in [6, 6.07) is 2.04. The van der Waals surface area contributed by atoms with Crippen molar-refractivity contribution in [3.63, 3.8) is 0 Å². The van der Waals surface area contributed by atoms with Crippen molar-refractivity contribution >= 4 is 5.69 Å². The van der Waals surface area contributed by atoms with Gasteiger partial charge in [-0.3, -0.25) is 4.98 Å². The Bertz CT molecular complexity index is 352. The number of likely N-dealkylation sites (N-methyl/N-ethyl adjacent to an activating group) is 1. The number of nitrogens with one attached hydrogen (secondary N) is 1. The van der Waals surface area contributed by atoms with Crippen LogP contribution in [0.25, 0.3) is 0 Å². The van der Waals surface area contributed by atoms with Crippen molar-refractivity contribution < 1.29 is 4.74 Å². The molecule has 0 aliphatic rings.